The van der Waals surface area contributed by atoms with Gasteiger partial charge >= 0.3 is 5.97 Å². The lowest BCUT2D eigenvalue weighted by Gasteiger charge is -2.12. The molecule has 0 aliphatic rings. The maximum atomic E-state index is 13.5. The Hall–Kier alpha value is -1.43. The molecule has 96 valence electrons. The Labute approximate surface area is 99.2 Å². The molecule has 6 heteroatoms. The Morgan fingerprint density at radius 2 is 2.29 bits per heavy atom. The Bertz CT molecular complexity index is 379. The lowest BCUT2D eigenvalue weighted by molar-refractivity contribution is -0.153. The van der Waals surface area contributed by atoms with Crippen molar-refractivity contribution in [1.29, 1.82) is 0 Å². The van der Waals surface area contributed by atoms with E-state index in [9.17, 15) is 14.3 Å². The minimum absolute atomic E-state index is 0.0806. The third-order valence-corrected chi connectivity index (χ3v) is 2.28. The van der Waals surface area contributed by atoms with Gasteiger partial charge in [-0.15, -0.1) is 0 Å². The summed E-state index contributed by atoms with van der Waals surface area (Å²) < 4.78 is 19.6. The summed E-state index contributed by atoms with van der Waals surface area (Å²) in [6.07, 6.45) is -0.765. The molecule has 17 heavy (non-hydrogen) atoms. The molecule has 1 aromatic heterocycles. The molecular weight excluding hydrogens is 227 g/mol. The number of aliphatic hydroxyl groups is 1. The minimum atomic E-state index is -2.08. The summed E-state index contributed by atoms with van der Waals surface area (Å²) >= 11 is 0. The first-order chi connectivity index (χ1) is 7.97. The molecule has 5 nitrogen and oxygen atoms in total. The van der Waals surface area contributed by atoms with Crippen molar-refractivity contribution in [3.05, 3.63) is 18.0 Å². The van der Waals surface area contributed by atoms with Crippen molar-refractivity contribution in [2.75, 3.05) is 6.61 Å². The normalized spacial score (nSPS) is 14.7. The van der Waals surface area contributed by atoms with E-state index < -0.39 is 18.2 Å². The maximum absolute atomic E-state index is 13.5. The molecule has 0 fully saturated rings. The fourth-order valence-electron chi connectivity index (χ4n) is 1.31. The SMILES string of the molecule is CCOC(=O)C(F)C(O)c1cnn(C(C)C)c1. The molecule has 0 spiro atoms. The highest BCUT2D eigenvalue weighted by Crippen LogP contribution is 2.20. The van der Waals surface area contributed by atoms with Crippen LogP contribution in [0.25, 0.3) is 0 Å². The number of rotatable bonds is 5. The number of esters is 1. The summed E-state index contributed by atoms with van der Waals surface area (Å²) in [5.41, 5.74) is 0.263. The number of alkyl halides is 1. The number of ether oxygens (including phenoxy) is 1. The second-order valence-electron chi connectivity index (χ2n) is 3.95. The highest BCUT2D eigenvalue weighted by molar-refractivity contribution is 5.75. The molecule has 1 rings (SSSR count). The van der Waals surface area contributed by atoms with Crippen molar-refractivity contribution in [1.82, 2.24) is 9.78 Å². The van der Waals surface area contributed by atoms with Crippen LogP contribution in [0.1, 0.15) is 38.5 Å². The number of aromatic nitrogens is 2. The van der Waals surface area contributed by atoms with Crippen LogP contribution in [0.3, 0.4) is 0 Å². The molecule has 0 saturated carbocycles. The van der Waals surface area contributed by atoms with E-state index in [0.29, 0.717) is 0 Å². The van der Waals surface area contributed by atoms with Gasteiger partial charge in [0.2, 0.25) is 6.17 Å². The van der Waals surface area contributed by atoms with Crippen molar-refractivity contribution in [2.45, 2.75) is 39.1 Å². The lowest BCUT2D eigenvalue weighted by Crippen LogP contribution is -2.25. The maximum Gasteiger partial charge on any atom is 0.343 e. The van der Waals surface area contributed by atoms with Crippen molar-refractivity contribution < 1.29 is 19.0 Å². The van der Waals surface area contributed by atoms with Gasteiger partial charge in [-0.2, -0.15) is 5.10 Å². The van der Waals surface area contributed by atoms with Crippen molar-refractivity contribution in [2.24, 2.45) is 0 Å². The number of hydrogen-bond donors (Lipinski definition) is 1. The summed E-state index contributed by atoms with van der Waals surface area (Å²) in [7, 11) is 0. The monoisotopic (exact) mass is 244 g/mol. The Morgan fingerprint density at radius 3 is 2.76 bits per heavy atom. The van der Waals surface area contributed by atoms with E-state index in [1.54, 1.807) is 11.6 Å². The number of carbonyl (C=O) groups is 1. The van der Waals surface area contributed by atoms with Crippen LogP contribution in [0.15, 0.2) is 12.4 Å². The summed E-state index contributed by atoms with van der Waals surface area (Å²) in [5.74, 6) is -1.06. The standard InChI is InChI=1S/C11H17FN2O3/c1-4-17-11(16)9(12)10(15)8-5-13-14(6-8)7(2)3/h5-7,9-10,15H,4H2,1-3H3. The number of hydrogen-bond acceptors (Lipinski definition) is 4. The second kappa shape index (κ2) is 5.77. The first-order valence-electron chi connectivity index (χ1n) is 5.50. The van der Waals surface area contributed by atoms with Gasteiger partial charge in [0.25, 0.3) is 0 Å². The van der Waals surface area contributed by atoms with Gasteiger partial charge in [0.15, 0.2) is 0 Å². The van der Waals surface area contributed by atoms with E-state index in [4.69, 9.17) is 0 Å². The Balaban J connectivity index is 2.74. The minimum Gasteiger partial charge on any atom is -0.464 e. The molecule has 0 aromatic carbocycles. The molecule has 2 unspecified atom stereocenters. The molecule has 0 amide bonds. The zero-order valence-electron chi connectivity index (χ0n) is 10.1. The molecule has 0 bridgehead atoms. The van der Waals surface area contributed by atoms with Gasteiger partial charge in [-0.1, -0.05) is 0 Å². The quantitative estimate of drug-likeness (QED) is 0.795. The molecule has 0 aliphatic carbocycles. The van der Waals surface area contributed by atoms with E-state index in [0.717, 1.165) is 0 Å². The van der Waals surface area contributed by atoms with Crippen LogP contribution in [-0.2, 0) is 9.53 Å². The van der Waals surface area contributed by atoms with E-state index in [1.165, 1.54) is 12.4 Å². The molecule has 2 atom stereocenters. The van der Waals surface area contributed by atoms with Gasteiger partial charge in [0.1, 0.15) is 6.10 Å². The molecule has 0 radical (unpaired) electrons. The van der Waals surface area contributed by atoms with E-state index in [-0.39, 0.29) is 18.2 Å². The topological polar surface area (TPSA) is 64.3 Å². The van der Waals surface area contributed by atoms with E-state index >= 15 is 0 Å². The van der Waals surface area contributed by atoms with Gasteiger partial charge in [0.05, 0.1) is 12.8 Å². The molecule has 0 saturated heterocycles. The van der Waals surface area contributed by atoms with E-state index in [1.807, 2.05) is 13.8 Å². The van der Waals surface area contributed by atoms with Crippen molar-refractivity contribution >= 4 is 5.97 Å². The summed E-state index contributed by atoms with van der Waals surface area (Å²) in [4.78, 5) is 11.1. The van der Waals surface area contributed by atoms with Gasteiger partial charge in [-0.3, -0.25) is 4.68 Å². The first-order valence-corrected chi connectivity index (χ1v) is 5.50. The van der Waals surface area contributed by atoms with Crippen LogP contribution in [0, 0.1) is 0 Å². The molecular formula is C11H17FN2O3. The molecule has 1 aromatic rings. The van der Waals surface area contributed by atoms with Gasteiger partial charge in [0, 0.05) is 17.8 Å². The smallest absolute Gasteiger partial charge is 0.343 e. The van der Waals surface area contributed by atoms with Crippen LogP contribution in [0.5, 0.6) is 0 Å². The Morgan fingerprint density at radius 1 is 1.65 bits per heavy atom. The summed E-state index contributed by atoms with van der Waals surface area (Å²) in [6.45, 7) is 5.47. The van der Waals surface area contributed by atoms with Crippen LogP contribution in [0.4, 0.5) is 4.39 Å². The average Bonchev–Trinajstić information content (AvgIpc) is 2.76. The number of halogens is 1. The summed E-state index contributed by atoms with van der Waals surface area (Å²) in [6, 6.07) is 0.108. The number of aliphatic hydroxyl groups excluding tert-OH is 1. The van der Waals surface area contributed by atoms with Crippen molar-refractivity contribution in [3.8, 4) is 0 Å². The molecule has 1 N–H and O–H groups in total. The Kier molecular flexibility index (Phi) is 4.62. The largest absolute Gasteiger partial charge is 0.464 e. The predicted molar refractivity (Wildman–Crippen MR) is 59.1 cm³/mol. The predicted octanol–water partition coefficient (Wildman–Crippen LogP) is 1.40. The van der Waals surface area contributed by atoms with Gasteiger partial charge in [-0.25, -0.2) is 9.18 Å². The zero-order valence-corrected chi connectivity index (χ0v) is 10.1. The highest BCUT2D eigenvalue weighted by atomic mass is 19.1. The molecule has 0 aliphatic heterocycles. The zero-order chi connectivity index (χ0) is 13.0. The highest BCUT2D eigenvalue weighted by Gasteiger charge is 2.30. The fraction of sp³-hybridized carbons (Fsp3) is 0.636. The number of carbonyl (C=O) groups excluding carboxylic acids is 1. The molecule has 1 heterocycles. The third-order valence-electron chi connectivity index (χ3n) is 2.28. The van der Waals surface area contributed by atoms with Crippen LogP contribution < -0.4 is 0 Å². The van der Waals surface area contributed by atoms with E-state index in [2.05, 4.69) is 9.84 Å². The second-order valence-corrected chi connectivity index (χ2v) is 3.95. The van der Waals surface area contributed by atoms with Gasteiger partial charge < -0.3 is 9.84 Å². The average molecular weight is 244 g/mol. The van der Waals surface area contributed by atoms with Crippen LogP contribution in [-0.4, -0.2) is 33.6 Å². The van der Waals surface area contributed by atoms with Crippen LogP contribution in [0.2, 0.25) is 0 Å². The number of nitrogens with zero attached hydrogens (tertiary/aromatic N) is 2. The summed E-state index contributed by atoms with van der Waals surface area (Å²) in [5, 5.41) is 13.6. The van der Waals surface area contributed by atoms with Gasteiger partial charge in [-0.05, 0) is 20.8 Å². The third kappa shape index (κ3) is 3.26. The first kappa shape index (κ1) is 13.6. The van der Waals surface area contributed by atoms with Crippen molar-refractivity contribution in [3.63, 3.8) is 0 Å². The van der Waals surface area contributed by atoms with Crippen LogP contribution >= 0.6 is 0 Å². The lowest BCUT2D eigenvalue weighted by atomic mass is 10.1. The fourth-order valence-corrected chi connectivity index (χ4v) is 1.31.